The van der Waals surface area contributed by atoms with Crippen LogP contribution in [0.2, 0.25) is 0 Å². The molecule has 0 saturated carbocycles. The van der Waals surface area contributed by atoms with Crippen molar-refractivity contribution in [1.82, 2.24) is 15.1 Å². The molecule has 0 aliphatic rings. The highest BCUT2D eigenvalue weighted by Crippen LogP contribution is 1.94. The van der Waals surface area contributed by atoms with Crippen LogP contribution < -0.4 is 5.32 Å². The molecule has 0 unspecified atom stereocenters. The summed E-state index contributed by atoms with van der Waals surface area (Å²) in [5, 5.41) is 7.42. The summed E-state index contributed by atoms with van der Waals surface area (Å²) in [5.74, 6) is 0.573. The molecular weight excluding hydrogens is 214 g/mol. The van der Waals surface area contributed by atoms with Gasteiger partial charge in [-0.1, -0.05) is 0 Å². The number of ether oxygens (including phenoxy) is 1. The zero-order chi connectivity index (χ0) is 10.9. The van der Waals surface area contributed by atoms with E-state index >= 15 is 0 Å². The van der Waals surface area contributed by atoms with E-state index in [1.165, 1.54) is 5.56 Å². The van der Waals surface area contributed by atoms with E-state index in [1.54, 1.807) is 4.68 Å². The van der Waals surface area contributed by atoms with Gasteiger partial charge in [0.2, 0.25) is 0 Å². The van der Waals surface area contributed by atoms with Crippen molar-refractivity contribution in [2.45, 2.75) is 13.0 Å². The van der Waals surface area contributed by atoms with Gasteiger partial charge in [-0.25, -0.2) is 0 Å². The van der Waals surface area contributed by atoms with Gasteiger partial charge in [0.05, 0.1) is 12.8 Å². The van der Waals surface area contributed by atoms with Gasteiger partial charge in [-0.15, -0.1) is 11.6 Å². The first-order chi connectivity index (χ1) is 7.33. The fourth-order valence-corrected chi connectivity index (χ4v) is 1.36. The molecule has 0 aromatic carbocycles. The van der Waals surface area contributed by atoms with Gasteiger partial charge < -0.3 is 10.1 Å². The Morgan fingerprint density at radius 3 is 3.07 bits per heavy atom. The van der Waals surface area contributed by atoms with Crippen LogP contribution >= 0.6 is 11.6 Å². The number of rotatable bonds is 8. The number of aryl methyl sites for hydroxylation is 1. The molecule has 0 spiro atoms. The minimum atomic E-state index is 0.573. The molecule has 1 rings (SSSR count). The Morgan fingerprint density at radius 2 is 2.40 bits per heavy atom. The highest BCUT2D eigenvalue weighted by molar-refractivity contribution is 6.17. The molecule has 1 N–H and O–H groups in total. The van der Waals surface area contributed by atoms with Crippen molar-refractivity contribution in [3.05, 3.63) is 18.0 Å². The summed E-state index contributed by atoms with van der Waals surface area (Å²) < 4.78 is 7.06. The van der Waals surface area contributed by atoms with E-state index in [4.69, 9.17) is 16.3 Å². The van der Waals surface area contributed by atoms with E-state index < -0.39 is 0 Å². The second-order valence-corrected chi connectivity index (χ2v) is 3.73. The summed E-state index contributed by atoms with van der Waals surface area (Å²) in [6, 6.07) is 0. The Kier molecular flexibility index (Phi) is 6.39. The molecule has 1 aromatic rings. The van der Waals surface area contributed by atoms with Crippen LogP contribution in [0.4, 0.5) is 0 Å². The number of hydrogen-bond donors (Lipinski definition) is 1. The monoisotopic (exact) mass is 231 g/mol. The molecule has 15 heavy (non-hydrogen) atoms. The number of hydrogen-bond acceptors (Lipinski definition) is 3. The van der Waals surface area contributed by atoms with Crippen LogP contribution in [0.25, 0.3) is 0 Å². The van der Waals surface area contributed by atoms with Crippen molar-refractivity contribution in [2.75, 3.05) is 25.6 Å². The van der Waals surface area contributed by atoms with Gasteiger partial charge in [0.15, 0.2) is 0 Å². The Bertz CT molecular complexity index is 265. The number of nitrogens with zero attached hydrogens (tertiary/aromatic N) is 2. The van der Waals surface area contributed by atoms with Gasteiger partial charge in [-0.3, -0.25) is 4.68 Å². The molecule has 1 heterocycles. The largest absolute Gasteiger partial charge is 0.380 e. The second kappa shape index (κ2) is 7.68. The highest BCUT2D eigenvalue weighted by Gasteiger charge is 1.94. The zero-order valence-corrected chi connectivity index (χ0v) is 9.83. The van der Waals surface area contributed by atoms with E-state index in [0.717, 1.165) is 26.1 Å². The zero-order valence-electron chi connectivity index (χ0n) is 9.08. The summed E-state index contributed by atoms with van der Waals surface area (Å²) in [5.41, 5.74) is 1.21. The third-order valence-electron chi connectivity index (χ3n) is 1.95. The molecule has 0 bridgehead atoms. The van der Waals surface area contributed by atoms with Crippen LogP contribution in [0, 0.1) is 0 Å². The third kappa shape index (κ3) is 5.77. The molecule has 0 radical (unpaired) electrons. The quantitative estimate of drug-likeness (QED) is 0.539. The van der Waals surface area contributed by atoms with Crippen molar-refractivity contribution in [3.8, 4) is 0 Å². The maximum absolute atomic E-state index is 5.47. The van der Waals surface area contributed by atoms with E-state index in [-0.39, 0.29) is 0 Å². The lowest BCUT2D eigenvalue weighted by molar-refractivity contribution is 0.146. The maximum Gasteiger partial charge on any atom is 0.0601 e. The summed E-state index contributed by atoms with van der Waals surface area (Å²) in [7, 11) is 1.92. The van der Waals surface area contributed by atoms with E-state index in [0.29, 0.717) is 12.5 Å². The van der Waals surface area contributed by atoms with Gasteiger partial charge in [0.25, 0.3) is 0 Å². The molecule has 86 valence electrons. The Balaban J connectivity index is 1.93. The SMILES string of the molecule is Cn1cc(CNCCCOCCCl)cn1. The van der Waals surface area contributed by atoms with E-state index in [1.807, 2.05) is 19.4 Å². The first kappa shape index (κ1) is 12.5. The van der Waals surface area contributed by atoms with Crippen molar-refractivity contribution in [2.24, 2.45) is 7.05 Å². The predicted molar refractivity (Wildman–Crippen MR) is 61.1 cm³/mol. The second-order valence-electron chi connectivity index (χ2n) is 3.35. The minimum Gasteiger partial charge on any atom is -0.380 e. The summed E-state index contributed by atoms with van der Waals surface area (Å²) >= 11 is 5.47. The first-order valence-electron chi connectivity index (χ1n) is 5.15. The van der Waals surface area contributed by atoms with Crippen LogP contribution in [0.1, 0.15) is 12.0 Å². The standard InChI is InChI=1S/C10H18ClN3O/c1-14-9-10(8-13-14)7-12-4-2-5-15-6-3-11/h8-9,12H,2-7H2,1H3. The molecular formula is C10H18ClN3O. The number of alkyl halides is 1. The fourth-order valence-electron chi connectivity index (χ4n) is 1.25. The maximum atomic E-state index is 5.47. The van der Waals surface area contributed by atoms with Crippen LogP contribution in [0.3, 0.4) is 0 Å². The van der Waals surface area contributed by atoms with Crippen LogP contribution in [-0.4, -0.2) is 35.4 Å². The molecule has 0 fully saturated rings. The average molecular weight is 232 g/mol. The molecule has 0 amide bonds. The number of aromatic nitrogens is 2. The summed E-state index contributed by atoms with van der Waals surface area (Å²) in [6.45, 7) is 3.23. The van der Waals surface area contributed by atoms with Gasteiger partial charge in [0.1, 0.15) is 0 Å². The Hall–Kier alpha value is -0.580. The normalized spacial score (nSPS) is 10.8. The summed E-state index contributed by atoms with van der Waals surface area (Å²) in [4.78, 5) is 0. The predicted octanol–water partition coefficient (Wildman–Crippen LogP) is 1.16. The van der Waals surface area contributed by atoms with E-state index in [9.17, 15) is 0 Å². The topological polar surface area (TPSA) is 39.1 Å². The number of halogens is 1. The van der Waals surface area contributed by atoms with Crippen LogP contribution in [-0.2, 0) is 18.3 Å². The van der Waals surface area contributed by atoms with Crippen LogP contribution in [0.5, 0.6) is 0 Å². The average Bonchev–Trinajstić information content (AvgIpc) is 2.63. The molecule has 0 aliphatic heterocycles. The first-order valence-corrected chi connectivity index (χ1v) is 5.68. The van der Waals surface area contributed by atoms with Gasteiger partial charge in [-0.05, 0) is 13.0 Å². The highest BCUT2D eigenvalue weighted by atomic mass is 35.5. The van der Waals surface area contributed by atoms with Gasteiger partial charge in [0, 0.05) is 37.8 Å². The van der Waals surface area contributed by atoms with Gasteiger partial charge >= 0.3 is 0 Å². The molecule has 5 heteroatoms. The Labute approximate surface area is 95.6 Å². The number of nitrogens with one attached hydrogen (secondary N) is 1. The van der Waals surface area contributed by atoms with Crippen molar-refractivity contribution < 1.29 is 4.74 Å². The smallest absolute Gasteiger partial charge is 0.0601 e. The molecule has 0 saturated heterocycles. The lowest BCUT2D eigenvalue weighted by Gasteiger charge is -2.03. The molecule has 0 atom stereocenters. The van der Waals surface area contributed by atoms with Crippen molar-refractivity contribution in [1.29, 1.82) is 0 Å². The van der Waals surface area contributed by atoms with Gasteiger partial charge in [-0.2, -0.15) is 5.10 Å². The Morgan fingerprint density at radius 1 is 1.53 bits per heavy atom. The molecule has 4 nitrogen and oxygen atoms in total. The molecule has 1 aromatic heterocycles. The third-order valence-corrected chi connectivity index (χ3v) is 2.11. The van der Waals surface area contributed by atoms with E-state index in [2.05, 4.69) is 10.4 Å². The van der Waals surface area contributed by atoms with Crippen LogP contribution in [0.15, 0.2) is 12.4 Å². The van der Waals surface area contributed by atoms with Crippen molar-refractivity contribution >= 4 is 11.6 Å². The minimum absolute atomic E-state index is 0.573. The molecule has 0 aliphatic carbocycles. The fraction of sp³-hybridized carbons (Fsp3) is 0.700. The summed E-state index contributed by atoms with van der Waals surface area (Å²) in [6.07, 6.45) is 4.89. The lowest BCUT2D eigenvalue weighted by Crippen LogP contribution is -2.16. The van der Waals surface area contributed by atoms with Crippen molar-refractivity contribution in [3.63, 3.8) is 0 Å². The lowest BCUT2D eigenvalue weighted by atomic mass is 10.3.